The molecular weight excluding hydrogens is 310 g/mol. The molecule has 8 nitrogen and oxygen atoms in total. The first kappa shape index (κ1) is 15.6. The Hall–Kier alpha value is -3.29. The van der Waals surface area contributed by atoms with Crippen LogP contribution in [0.4, 0.5) is 10.7 Å². The third-order valence-electron chi connectivity index (χ3n) is 3.51. The quantitative estimate of drug-likeness (QED) is 0.636. The van der Waals surface area contributed by atoms with E-state index in [4.69, 9.17) is 0 Å². The lowest BCUT2D eigenvalue weighted by Gasteiger charge is -2.13. The number of rotatable bonds is 5. The van der Waals surface area contributed by atoms with E-state index in [1.165, 1.54) is 17.3 Å². The van der Waals surface area contributed by atoms with Gasteiger partial charge in [-0.05, 0) is 24.6 Å². The second-order valence-electron chi connectivity index (χ2n) is 5.11. The first-order valence-corrected chi connectivity index (χ1v) is 7.44. The molecule has 0 radical (unpaired) electrons. The third-order valence-corrected chi connectivity index (χ3v) is 3.51. The van der Waals surface area contributed by atoms with Crippen LogP contribution in [-0.2, 0) is 0 Å². The second-order valence-corrected chi connectivity index (χ2v) is 5.11. The van der Waals surface area contributed by atoms with E-state index in [0.29, 0.717) is 24.1 Å². The average molecular weight is 325 g/mol. The minimum atomic E-state index is -0.441. The van der Waals surface area contributed by atoms with Crippen molar-refractivity contribution >= 4 is 23.8 Å². The van der Waals surface area contributed by atoms with Crippen LogP contribution in [0.2, 0.25) is 0 Å². The molecule has 2 N–H and O–H groups in total. The monoisotopic (exact) mass is 325 g/mol. The summed E-state index contributed by atoms with van der Waals surface area (Å²) < 4.78 is 0. The normalized spacial score (nSPS) is 12.9. The minimum absolute atomic E-state index is 0.204. The zero-order valence-electron chi connectivity index (χ0n) is 12.7. The fourth-order valence-corrected chi connectivity index (χ4v) is 2.39. The Bertz CT molecular complexity index is 743. The highest BCUT2D eigenvalue weighted by Crippen LogP contribution is 2.22. The molecule has 0 spiro atoms. The predicted molar refractivity (Wildman–Crippen MR) is 85.5 cm³/mol. The van der Waals surface area contributed by atoms with Crippen molar-refractivity contribution in [2.75, 3.05) is 18.4 Å². The van der Waals surface area contributed by atoms with E-state index in [1.807, 2.05) is 0 Å². The molecular formula is C16H15N5O3. The van der Waals surface area contributed by atoms with Crippen LogP contribution in [0, 0.1) is 0 Å². The number of hydrogen-bond acceptors (Lipinski definition) is 5. The van der Waals surface area contributed by atoms with E-state index < -0.39 is 6.03 Å². The van der Waals surface area contributed by atoms with Crippen molar-refractivity contribution in [3.63, 3.8) is 0 Å². The van der Waals surface area contributed by atoms with Gasteiger partial charge in [-0.15, -0.1) is 0 Å². The molecule has 1 aromatic carbocycles. The molecule has 3 rings (SSSR count). The molecule has 1 aliphatic rings. The van der Waals surface area contributed by atoms with Gasteiger partial charge in [0.25, 0.3) is 11.8 Å². The fourth-order valence-electron chi connectivity index (χ4n) is 2.39. The molecule has 1 aliphatic heterocycles. The highest BCUT2D eigenvalue weighted by Gasteiger charge is 2.34. The molecule has 4 amide bonds. The maximum Gasteiger partial charge on any atom is 0.321 e. The Kier molecular flexibility index (Phi) is 4.46. The number of fused-ring (bicyclic) bond motifs is 1. The molecule has 0 bridgehead atoms. The SMILES string of the molecule is O=C(NCCCN1C(=O)c2ccccc2C1=O)Nc1ncccn1. The first-order valence-electron chi connectivity index (χ1n) is 7.44. The summed E-state index contributed by atoms with van der Waals surface area (Å²) in [7, 11) is 0. The van der Waals surface area contributed by atoms with Crippen LogP contribution in [0.25, 0.3) is 0 Å². The lowest BCUT2D eigenvalue weighted by atomic mass is 10.1. The van der Waals surface area contributed by atoms with Crippen molar-refractivity contribution in [3.8, 4) is 0 Å². The van der Waals surface area contributed by atoms with E-state index >= 15 is 0 Å². The number of benzene rings is 1. The number of carbonyl (C=O) groups is 3. The van der Waals surface area contributed by atoms with Crippen molar-refractivity contribution in [1.82, 2.24) is 20.2 Å². The van der Waals surface area contributed by atoms with Crippen LogP contribution in [0.3, 0.4) is 0 Å². The highest BCUT2D eigenvalue weighted by molar-refractivity contribution is 6.21. The van der Waals surface area contributed by atoms with E-state index in [0.717, 1.165) is 0 Å². The summed E-state index contributed by atoms with van der Waals surface area (Å²) in [5.74, 6) is -0.383. The summed E-state index contributed by atoms with van der Waals surface area (Å²) >= 11 is 0. The smallest absolute Gasteiger partial charge is 0.321 e. The topological polar surface area (TPSA) is 104 Å². The van der Waals surface area contributed by atoms with Crippen molar-refractivity contribution in [1.29, 1.82) is 0 Å². The van der Waals surface area contributed by atoms with Crippen molar-refractivity contribution in [3.05, 3.63) is 53.9 Å². The largest absolute Gasteiger partial charge is 0.338 e. The summed E-state index contributed by atoms with van der Waals surface area (Å²) in [6, 6.07) is 7.94. The number of amides is 4. The van der Waals surface area contributed by atoms with Crippen LogP contribution in [0.5, 0.6) is 0 Å². The van der Waals surface area contributed by atoms with Crippen molar-refractivity contribution < 1.29 is 14.4 Å². The molecule has 2 heterocycles. The molecule has 2 aromatic rings. The number of nitrogens with zero attached hydrogens (tertiary/aromatic N) is 3. The molecule has 0 atom stereocenters. The molecule has 0 fully saturated rings. The van der Waals surface area contributed by atoms with Gasteiger partial charge in [0.1, 0.15) is 0 Å². The average Bonchev–Trinajstić information content (AvgIpc) is 2.84. The second kappa shape index (κ2) is 6.86. The number of urea groups is 1. The van der Waals surface area contributed by atoms with E-state index in [-0.39, 0.29) is 24.3 Å². The van der Waals surface area contributed by atoms with Crippen molar-refractivity contribution in [2.24, 2.45) is 0 Å². The Labute approximate surface area is 137 Å². The third kappa shape index (κ3) is 3.22. The van der Waals surface area contributed by atoms with Gasteiger partial charge in [-0.1, -0.05) is 12.1 Å². The van der Waals surface area contributed by atoms with Gasteiger partial charge in [0.15, 0.2) is 0 Å². The Morgan fingerprint density at radius 1 is 1.00 bits per heavy atom. The standard InChI is InChI=1S/C16H15N5O3/c22-13-11-5-1-2-6-12(11)14(23)21(13)10-4-9-19-16(24)20-15-17-7-3-8-18-15/h1-3,5-8H,4,9-10H2,(H2,17,18,19,20,24). The zero-order chi connectivity index (χ0) is 16.9. The van der Waals surface area contributed by atoms with Crippen LogP contribution >= 0.6 is 0 Å². The maximum absolute atomic E-state index is 12.2. The molecule has 0 saturated carbocycles. The summed E-state index contributed by atoms with van der Waals surface area (Å²) in [5.41, 5.74) is 0.851. The summed E-state index contributed by atoms with van der Waals surface area (Å²) in [5, 5.41) is 5.11. The van der Waals surface area contributed by atoms with Crippen molar-refractivity contribution in [2.45, 2.75) is 6.42 Å². The molecule has 24 heavy (non-hydrogen) atoms. The van der Waals surface area contributed by atoms with Gasteiger partial charge in [0, 0.05) is 25.5 Å². The van der Waals surface area contributed by atoms with Crippen LogP contribution in [0.15, 0.2) is 42.7 Å². The molecule has 8 heteroatoms. The molecule has 122 valence electrons. The Morgan fingerprint density at radius 3 is 2.25 bits per heavy atom. The number of hydrogen-bond donors (Lipinski definition) is 2. The number of nitrogens with one attached hydrogen (secondary N) is 2. The van der Waals surface area contributed by atoms with Crippen LogP contribution < -0.4 is 10.6 Å². The van der Waals surface area contributed by atoms with Gasteiger partial charge >= 0.3 is 6.03 Å². The maximum atomic E-state index is 12.2. The highest BCUT2D eigenvalue weighted by atomic mass is 16.2. The lowest BCUT2D eigenvalue weighted by Crippen LogP contribution is -2.35. The minimum Gasteiger partial charge on any atom is -0.338 e. The number of carbonyl (C=O) groups excluding carboxylic acids is 3. The van der Waals surface area contributed by atoms with Gasteiger partial charge in [-0.2, -0.15) is 0 Å². The summed E-state index contributed by atoms with van der Waals surface area (Å²) in [4.78, 5) is 44.9. The van der Waals surface area contributed by atoms with E-state index in [9.17, 15) is 14.4 Å². The molecule has 0 saturated heterocycles. The molecule has 1 aromatic heterocycles. The summed E-state index contributed by atoms with van der Waals surface area (Å²) in [6.07, 6.45) is 3.49. The lowest BCUT2D eigenvalue weighted by molar-refractivity contribution is 0.0653. The van der Waals surface area contributed by atoms with Gasteiger partial charge in [0.2, 0.25) is 5.95 Å². The number of imide groups is 1. The number of anilines is 1. The molecule has 0 unspecified atom stereocenters. The van der Waals surface area contributed by atoms with Gasteiger partial charge < -0.3 is 5.32 Å². The Balaban J connectivity index is 1.45. The predicted octanol–water partition coefficient (Wildman–Crippen LogP) is 1.28. The fraction of sp³-hybridized carbons (Fsp3) is 0.188. The van der Waals surface area contributed by atoms with E-state index in [2.05, 4.69) is 20.6 Å². The first-order chi connectivity index (χ1) is 11.7. The van der Waals surface area contributed by atoms with E-state index in [1.54, 1.807) is 30.3 Å². The number of aromatic nitrogens is 2. The van der Waals surface area contributed by atoms with Gasteiger partial charge in [-0.25, -0.2) is 14.8 Å². The zero-order valence-corrected chi connectivity index (χ0v) is 12.7. The molecule has 0 aliphatic carbocycles. The van der Waals surface area contributed by atoms with Gasteiger partial charge in [0.05, 0.1) is 11.1 Å². The van der Waals surface area contributed by atoms with Crippen LogP contribution in [-0.4, -0.2) is 45.8 Å². The van der Waals surface area contributed by atoms with Crippen LogP contribution in [0.1, 0.15) is 27.1 Å². The Morgan fingerprint density at radius 2 is 1.62 bits per heavy atom. The van der Waals surface area contributed by atoms with Gasteiger partial charge in [-0.3, -0.25) is 19.8 Å². The summed E-state index contributed by atoms with van der Waals surface area (Å²) in [6.45, 7) is 0.556.